The number of nitrogens with two attached hydrogens (primary N) is 1. The van der Waals surface area contributed by atoms with E-state index in [1.807, 2.05) is 0 Å². The van der Waals surface area contributed by atoms with Crippen molar-refractivity contribution in [2.24, 2.45) is 0 Å². The second-order valence-corrected chi connectivity index (χ2v) is 1.59. The van der Waals surface area contributed by atoms with Gasteiger partial charge in [-0.05, 0) is 18.2 Å². The molecule has 0 bridgehead atoms. The summed E-state index contributed by atoms with van der Waals surface area (Å²) in [5.74, 6) is -1.56. The highest BCUT2D eigenvalue weighted by molar-refractivity contribution is 5.38. The van der Waals surface area contributed by atoms with Crippen LogP contribution in [0.15, 0.2) is 18.2 Å². The Morgan fingerprint density at radius 3 is 2.78 bits per heavy atom. The third-order valence-corrected chi connectivity index (χ3v) is 0.884. The average Bonchev–Trinajstić information content (AvgIpc) is 1.82. The smallest absolute Gasteiger partial charge is 0.146 e. The van der Waals surface area contributed by atoms with Gasteiger partial charge < -0.3 is 5.73 Å². The Labute approximate surface area is 52.5 Å². The van der Waals surface area contributed by atoms with Gasteiger partial charge in [0.05, 0.1) is 7.06 Å². The van der Waals surface area contributed by atoms with E-state index in [0.717, 1.165) is 12.1 Å². The molecule has 0 aliphatic heterocycles. The van der Waals surface area contributed by atoms with Gasteiger partial charge in [-0.3, -0.25) is 0 Å². The summed E-state index contributed by atoms with van der Waals surface area (Å²) in [6.07, 6.45) is 0. The lowest BCUT2D eigenvalue weighted by Crippen LogP contribution is -1.89. The van der Waals surface area contributed by atoms with Crippen LogP contribution in [-0.2, 0) is 0 Å². The summed E-state index contributed by atoms with van der Waals surface area (Å²) in [6.45, 7) is 0. The normalized spacial score (nSPS) is 11.1. The van der Waals surface area contributed by atoms with Gasteiger partial charge in [0.2, 0.25) is 0 Å². The highest BCUT2D eigenvalue weighted by Gasteiger charge is 1.96. The molecule has 9 heavy (non-hydrogen) atoms. The molecule has 1 aromatic carbocycles. The van der Waals surface area contributed by atoms with Crippen LogP contribution < -0.4 is 5.73 Å². The largest absolute Gasteiger partial charge is 0.396 e. The molecule has 0 aliphatic rings. The molecule has 0 amide bonds. The maximum absolute atomic E-state index is 12.4. The lowest BCUT2D eigenvalue weighted by molar-refractivity contribution is 0.604. The maximum Gasteiger partial charge on any atom is 0.146 e. The number of anilines is 1. The quantitative estimate of drug-likeness (QED) is 0.530. The van der Waals surface area contributed by atoms with Gasteiger partial charge in [0.25, 0.3) is 0 Å². The fourth-order valence-electron chi connectivity index (χ4n) is 0.469. The van der Waals surface area contributed by atoms with Crippen molar-refractivity contribution < 1.29 is 10.2 Å². The van der Waals surface area contributed by atoms with E-state index in [0.29, 0.717) is 0 Å². The molecule has 3 heteroatoms. The second-order valence-electron chi connectivity index (χ2n) is 1.59. The van der Waals surface area contributed by atoms with E-state index >= 15 is 0 Å². The molecule has 1 nitrogen and oxygen atoms in total. The van der Waals surface area contributed by atoms with E-state index in [4.69, 9.17) is 7.10 Å². The molecule has 0 radical (unpaired) electrons. The van der Waals surface area contributed by atoms with Crippen molar-refractivity contribution in [3.8, 4) is 0 Å². The maximum atomic E-state index is 12.4. The van der Waals surface area contributed by atoms with Crippen LogP contribution in [0.5, 0.6) is 0 Å². The minimum absolute atomic E-state index is 0.329. The van der Waals surface area contributed by atoms with Crippen LogP contribution in [0, 0.1) is 11.6 Å². The number of nitrogen functional groups attached to an aromatic ring is 1. The van der Waals surface area contributed by atoms with Gasteiger partial charge >= 0.3 is 0 Å². The zero-order valence-electron chi connectivity index (χ0n) is 5.49. The monoisotopic (exact) mass is 130 g/mol. The summed E-state index contributed by atoms with van der Waals surface area (Å²) in [5.41, 5.74) is 4.66. The van der Waals surface area contributed by atoms with Crippen LogP contribution in [0.4, 0.5) is 14.5 Å². The van der Waals surface area contributed by atoms with E-state index in [2.05, 4.69) is 0 Å². The Balaban J connectivity index is 3.31. The molecular formula is C6H5F2N. The van der Waals surface area contributed by atoms with Crippen LogP contribution in [0.3, 0.4) is 0 Å². The topological polar surface area (TPSA) is 26.0 Å². The molecule has 1 rings (SSSR count). The average molecular weight is 130 g/mol. The van der Waals surface area contributed by atoms with Gasteiger partial charge in [-0.2, -0.15) is 0 Å². The van der Waals surface area contributed by atoms with Crippen LogP contribution in [0.2, 0.25) is 0 Å². The van der Waals surface area contributed by atoms with Crippen LogP contribution in [0.25, 0.3) is 0 Å². The lowest BCUT2D eigenvalue weighted by atomic mass is 10.3. The van der Waals surface area contributed by atoms with Crippen molar-refractivity contribution >= 4 is 5.69 Å². The van der Waals surface area contributed by atoms with Gasteiger partial charge in [0.1, 0.15) is 11.6 Å². The number of halogens is 2. The van der Waals surface area contributed by atoms with Crippen molar-refractivity contribution in [3.63, 3.8) is 0 Å². The molecule has 0 unspecified atom stereocenters. The fourth-order valence-corrected chi connectivity index (χ4v) is 0.469. The van der Waals surface area contributed by atoms with Gasteiger partial charge in [0, 0.05) is 0 Å². The molecule has 0 fully saturated rings. The Morgan fingerprint density at radius 2 is 2.22 bits per heavy atom. The second kappa shape index (κ2) is 2.01. The van der Waals surface area contributed by atoms with E-state index in [1.165, 1.54) is 0 Å². The van der Waals surface area contributed by atoms with Gasteiger partial charge in [-0.25, -0.2) is 8.78 Å². The molecular weight excluding hydrogens is 124 g/mol. The molecule has 1 aromatic rings. The van der Waals surface area contributed by atoms with Crippen LogP contribution in [-0.4, -0.2) is 0 Å². The molecule has 0 aliphatic carbocycles. The van der Waals surface area contributed by atoms with Crippen molar-refractivity contribution in [2.45, 2.75) is 0 Å². The number of benzene rings is 1. The Kier molecular flexibility index (Phi) is 1.06. The van der Waals surface area contributed by atoms with Crippen LogP contribution in [0.1, 0.15) is 1.37 Å². The standard InChI is InChI=1S/C6H5F2N/c7-4-1-2-5(8)6(9)3-4/h1-3H,9H2/i2D. The Morgan fingerprint density at radius 1 is 1.56 bits per heavy atom. The van der Waals surface area contributed by atoms with Crippen molar-refractivity contribution in [3.05, 3.63) is 29.8 Å². The molecule has 0 saturated heterocycles. The van der Waals surface area contributed by atoms with E-state index in [1.54, 1.807) is 0 Å². The Hall–Kier alpha value is -1.12. The molecule has 48 valence electrons. The predicted octanol–water partition coefficient (Wildman–Crippen LogP) is 1.55. The first kappa shape index (κ1) is 4.73. The molecule has 0 heterocycles. The first-order chi connectivity index (χ1) is 4.61. The first-order valence-corrected chi connectivity index (χ1v) is 2.32. The molecule has 0 aromatic heterocycles. The summed E-state index contributed by atoms with van der Waals surface area (Å²) in [6, 6.07) is 1.09. The number of hydrogen-bond acceptors (Lipinski definition) is 1. The van der Waals surface area contributed by atoms with Gasteiger partial charge in [-0.1, -0.05) is 0 Å². The van der Waals surface area contributed by atoms with Crippen molar-refractivity contribution in [1.29, 1.82) is 0 Å². The molecule has 0 atom stereocenters. The van der Waals surface area contributed by atoms with Gasteiger partial charge in [-0.15, -0.1) is 0 Å². The van der Waals surface area contributed by atoms with Crippen molar-refractivity contribution in [1.82, 2.24) is 0 Å². The molecule has 2 N–H and O–H groups in total. The molecule has 0 saturated carbocycles. The first-order valence-electron chi connectivity index (χ1n) is 2.82. The summed E-state index contributed by atoms with van der Waals surface area (Å²) in [4.78, 5) is 0. The van der Waals surface area contributed by atoms with E-state index in [-0.39, 0.29) is 5.69 Å². The zero-order chi connectivity index (χ0) is 7.72. The third-order valence-electron chi connectivity index (χ3n) is 0.884. The van der Waals surface area contributed by atoms with E-state index in [9.17, 15) is 8.78 Å². The van der Waals surface area contributed by atoms with Gasteiger partial charge in [0.15, 0.2) is 0 Å². The number of rotatable bonds is 0. The highest BCUT2D eigenvalue weighted by atomic mass is 19.1. The zero-order valence-corrected chi connectivity index (χ0v) is 4.49. The fraction of sp³-hybridized carbons (Fsp3) is 0. The summed E-state index contributed by atoms with van der Waals surface area (Å²) in [7, 11) is 0. The van der Waals surface area contributed by atoms with Crippen molar-refractivity contribution in [2.75, 3.05) is 5.73 Å². The summed E-state index contributed by atoms with van der Waals surface area (Å²) in [5, 5.41) is 0. The SMILES string of the molecule is [2H]c1cc(F)cc(N)c1F. The Bertz CT molecular complexity index is 239. The minimum Gasteiger partial charge on any atom is -0.396 e. The highest BCUT2D eigenvalue weighted by Crippen LogP contribution is 2.09. The van der Waals surface area contributed by atoms with E-state index < -0.39 is 17.7 Å². The predicted molar refractivity (Wildman–Crippen MR) is 30.8 cm³/mol. The minimum atomic E-state index is -0.874. The number of hydrogen-bond donors (Lipinski definition) is 1. The summed E-state index contributed by atoms with van der Waals surface area (Å²) >= 11 is 0. The van der Waals surface area contributed by atoms with Crippen LogP contribution >= 0.6 is 0 Å². The third kappa shape index (κ3) is 1.16. The summed E-state index contributed by atoms with van der Waals surface area (Å²) < 4.78 is 31.5. The molecule has 0 spiro atoms. The lowest BCUT2D eigenvalue weighted by Gasteiger charge is -1.92.